The van der Waals surface area contributed by atoms with Gasteiger partial charge in [0.1, 0.15) is 5.75 Å². The summed E-state index contributed by atoms with van der Waals surface area (Å²) in [6.07, 6.45) is 1.77. The fourth-order valence-corrected chi connectivity index (χ4v) is 1.72. The molecular weight excluding hydrogens is 226 g/mol. The molecule has 2 N–H and O–H groups in total. The SMILES string of the molecule is Cc1ccc(O)c(CN[C@H](C)c2ccccn2)n1. The topological polar surface area (TPSA) is 58.0 Å². The minimum Gasteiger partial charge on any atom is -0.506 e. The Hall–Kier alpha value is -1.94. The van der Waals surface area contributed by atoms with Crippen molar-refractivity contribution in [3.05, 3.63) is 53.6 Å². The van der Waals surface area contributed by atoms with Gasteiger partial charge in [0.2, 0.25) is 0 Å². The summed E-state index contributed by atoms with van der Waals surface area (Å²) in [5, 5.41) is 13.0. The minimum atomic E-state index is 0.118. The number of aryl methyl sites for hydroxylation is 1. The zero-order chi connectivity index (χ0) is 13.0. The van der Waals surface area contributed by atoms with E-state index in [0.29, 0.717) is 12.2 Å². The van der Waals surface area contributed by atoms with E-state index >= 15 is 0 Å². The fourth-order valence-electron chi connectivity index (χ4n) is 1.72. The predicted octanol–water partition coefficient (Wildman–Crippen LogP) is 2.34. The summed E-state index contributed by atoms with van der Waals surface area (Å²) >= 11 is 0. The molecule has 94 valence electrons. The highest BCUT2D eigenvalue weighted by molar-refractivity contribution is 5.27. The first-order valence-corrected chi connectivity index (χ1v) is 5.96. The average molecular weight is 243 g/mol. The van der Waals surface area contributed by atoms with Gasteiger partial charge in [-0.05, 0) is 38.1 Å². The van der Waals surface area contributed by atoms with Gasteiger partial charge in [-0.25, -0.2) is 0 Å². The molecule has 0 unspecified atom stereocenters. The lowest BCUT2D eigenvalue weighted by Gasteiger charge is -2.13. The molecule has 0 saturated heterocycles. The van der Waals surface area contributed by atoms with Crippen LogP contribution in [0.15, 0.2) is 36.5 Å². The van der Waals surface area contributed by atoms with Crippen LogP contribution < -0.4 is 5.32 Å². The molecule has 0 aromatic carbocycles. The molecule has 0 amide bonds. The van der Waals surface area contributed by atoms with Gasteiger partial charge >= 0.3 is 0 Å². The summed E-state index contributed by atoms with van der Waals surface area (Å²) in [7, 11) is 0. The van der Waals surface area contributed by atoms with Crippen molar-refractivity contribution < 1.29 is 5.11 Å². The van der Waals surface area contributed by atoms with E-state index in [1.54, 1.807) is 18.3 Å². The molecule has 0 radical (unpaired) electrons. The van der Waals surface area contributed by atoms with E-state index in [-0.39, 0.29) is 11.8 Å². The van der Waals surface area contributed by atoms with Crippen molar-refractivity contribution >= 4 is 0 Å². The first kappa shape index (κ1) is 12.5. The summed E-state index contributed by atoms with van der Waals surface area (Å²) in [5.41, 5.74) is 2.54. The van der Waals surface area contributed by atoms with E-state index in [1.165, 1.54) is 0 Å². The van der Waals surface area contributed by atoms with E-state index in [1.807, 2.05) is 32.0 Å². The maximum absolute atomic E-state index is 9.70. The lowest BCUT2D eigenvalue weighted by atomic mass is 10.2. The van der Waals surface area contributed by atoms with Crippen LogP contribution in [0.25, 0.3) is 0 Å². The number of nitrogens with zero attached hydrogens (tertiary/aromatic N) is 2. The maximum atomic E-state index is 9.70. The zero-order valence-electron chi connectivity index (χ0n) is 10.6. The molecule has 0 aliphatic carbocycles. The standard InChI is InChI=1S/C14H17N3O/c1-10-6-7-14(18)13(17-10)9-16-11(2)12-5-3-4-8-15-12/h3-8,11,16,18H,9H2,1-2H3/t11-/m1/s1. The number of hydrogen-bond acceptors (Lipinski definition) is 4. The lowest BCUT2D eigenvalue weighted by Crippen LogP contribution is -2.19. The van der Waals surface area contributed by atoms with Gasteiger partial charge in [0.15, 0.2) is 0 Å². The van der Waals surface area contributed by atoms with Crippen LogP contribution in [0.5, 0.6) is 5.75 Å². The summed E-state index contributed by atoms with van der Waals surface area (Å²) in [5.74, 6) is 0.223. The molecule has 0 spiro atoms. The van der Waals surface area contributed by atoms with Crippen LogP contribution in [0.2, 0.25) is 0 Å². The minimum absolute atomic E-state index is 0.118. The Labute approximate surface area is 107 Å². The van der Waals surface area contributed by atoms with Crippen LogP contribution >= 0.6 is 0 Å². The summed E-state index contributed by atoms with van der Waals surface area (Å²) < 4.78 is 0. The van der Waals surface area contributed by atoms with Crippen LogP contribution in [0.3, 0.4) is 0 Å². The molecule has 18 heavy (non-hydrogen) atoms. The molecule has 0 aliphatic heterocycles. The van der Waals surface area contributed by atoms with Gasteiger partial charge in [0, 0.05) is 24.5 Å². The van der Waals surface area contributed by atoms with Gasteiger partial charge in [-0.15, -0.1) is 0 Å². The second-order valence-corrected chi connectivity index (χ2v) is 4.28. The molecule has 2 aromatic heterocycles. The van der Waals surface area contributed by atoms with Crippen LogP contribution in [-0.2, 0) is 6.54 Å². The van der Waals surface area contributed by atoms with Crippen molar-refractivity contribution in [1.29, 1.82) is 0 Å². The normalized spacial score (nSPS) is 12.3. The van der Waals surface area contributed by atoms with Gasteiger partial charge in [-0.1, -0.05) is 6.07 Å². The van der Waals surface area contributed by atoms with Gasteiger partial charge in [-0.2, -0.15) is 0 Å². The summed E-state index contributed by atoms with van der Waals surface area (Å²) in [4.78, 5) is 8.59. The molecule has 4 heteroatoms. The highest BCUT2D eigenvalue weighted by atomic mass is 16.3. The zero-order valence-corrected chi connectivity index (χ0v) is 10.6. The van der Waals surface area contributed by atoms with Crippen molar-refractivity contribution in [3.8, 4) is 5.75 Å². The van der Waals surface area contributed by atoms with Crippen LogP contribution in [0, 0.1) is 6.92 Å². The average Bonchev–Trinajstić information content (AvgIpc) is 2.40. The second-order valence-electron chi connectivity index (χ2n) is 4.28. The summed E-state index contributed by atoms with van der Waals surface area (Å²) in [6.45, 7) is 4.46. The van der Waals surface area contributed by atoms with Crippen molar-refractivity contribution in [2.45, 2.75) is 26.4 Å². The third kappa shape index (κ3) is 3.05. The van der Waals surface area contributed by atoms with E-state index < -0.39 is 0 Å². The van der Waals surface area contributed by atoms with Crippen molar-refractivity contribution in [2.24, 2.45) is 0 Å². The van der Waals surface area contributed by atoms with E-state index in [0.717, 1.165) is 11.4 Å². The van der Waals surface area contributed by atoms with Crippen molar-refractivity contribution in [2.75, 3.05) is 0 Å². The third-order valence-electron chi connectivity index (χ3n) is 2.80. The number of pyridine rings is 2. The highest BCUT2D eigenvalue weighted by Crippen LogP contribution is 2.16. The predicted molar refractivity (Wildman–Crippen MR) is 70.1 cm³/mol. The number of rotatable bonds is 4. The van der Waals surface area contributed by atoms with Crippen LogP contribution in [0.1, 0.15) is 30.0 Å². The van der Waals surface area contributed by atoms with Gasteiger partial charge in [0.25, 0.3) is 0 Å². The molecule has 2 heterocycles. The number of nitrogens with one attached hydrogen (secondary N) is 1. The van der Waals surface area contributed by atoms with E-state index in [9.17, 15) is 5.11 Å². The van der Waals surface area contributed by atoms with Gasteiger partial charge in [0.05, 0.1) is 11.4 Å². The monoisotopic (exact) mass is 243 g/mol. The second kappa shape index (κ2) is 5.60. The van der Waals surface area contributed by atoms with E-state index in [4.69, 9.17) is 0 Å². The van der Waals surface area contributed by atoms with E-state index in [2.05, 4.69) is 15.3 Å². The Morgan fingerprint density at radius 1 is 1.28 bits per heavy atom. The van der Waals surface area contributed by atoms with Crippen molar-refractivity contribution in [1.82, 2.24) is 15.3 Å². The molecule has 4 nitrogen and oxygen atoms in total. The quantitative estimate of drug-likeness (QED) is 0.865. The largest absolute Gasteiger partial charge is 0.506 e. The Balaban J connectivity index is 2.01. The van der Waals surface area contributed by atoms with Gasteiger partial charge in [-0.3, -0.25) is 9.97 Å². The lowest BCUT2D eigenvalue weighted by molar-refractivity contribution is 0.453. The first-order valence-electron chi connectivity index (χ1n) is 5.96. The third-order valence-corrected chi connectivity index (χ3v) is 2.80. The highest BCUT2D eigenvalue weighted by Gasteiger charge is 2.08. The summed E-state index contributed by atoms with van der Waals surface area (Å²) in [6, 6.07) is 9.41. The van der Waals surface area contributed by atoms with Crippen LogP contribution in [-0.4, -0.2) is 15.1 Å². The van der Waals surface area contributed by atoms with Gasteiger partial charge < -0.3 is 10.4 Å². The molecule has 0 aliphatic rings. The number of hydrogen-bond donors (Lipinski definition) is 2. The Bertz CT molecular complexity index is 514. The first-order chi connectivity index (χ1) is 8.66. The molecule has 0 saturated carbocycles. The maximum Gasteiger partial charge on any atom is 0.138 e. The Morgan fingerprint density at radius 3 is 2.83 bits per heavy atom. The van der Waals surface area contributed by atoms with Crippen LogP contribution in [0.4, 0.5) is 0 Å². The van der Waals surface area contributed by atoms with Crippen molar-refractivity contribution in [3.63, 3.8) is 0 Å². The Morgan fingerprint density at radius 2 is 2.11 bits per heavy atom. The fraction of sp³-hybridized carbons (Fsp3) is 0.286. The smallest absolute Gasteiger partial charge is 0.138 e. The molecule has 2 aromatic rings. The molecular formula is C14H17N3O. The molecule has 2 rings (SSSR count). The molecule has 0 bridgehead atoms. The number of aromatic hydroxyl groups is 1. The number of aromatic nitrogens is 2. The molecule has 1 atom stereocenters. The molecule has 0 fully saturated rings. The Kier molecular flexibility index (Phi) is 3.89.